The third-order valence-electron chi connectivity index (χ3n) is 1.50. The third-order valence-corrected chi connectivity index (χ3v) is 2.87. The monoisotopic (exact) mass is 199 g/mol. The Kier molecular flexibility index (Phi) is 4.54. The molecule has 0 fully saturated rings. The van der Waals surface area contributed by atoms with Crippen LogP contribution < -0.4 is 0 Å². The molecule has 0 N–H and O–H groups in total. The first-order chi connectivity index (χ1) is 5.79. The molecule has 0 radical (unpaired) electrons. The first kappa shape index (κ1) is 9.93. The minimum absolute atomic E-state index is 0.437. The number of hydrogen-bond donors (Lipinski definition) is 1. The average molecular weight is 199 g/mol. The van der Waals surface area contributed by atoms with Crippen LogP contribution in [0.25, 0.3) is 0 Å². The Bertz CT molecular complexity index is 211. The van der Waals surface area contributed by atoms with E-state index in [9.17, 15) is 0 Å². The second-order valence-electron chi connectivity index (χ2n) is 2.58. The van der Waals surface area contributed by atoms with Gasteiger partial charge in [-0.1, -0.05) is 0 Å². The smallest absolute Gasteiger partial charge is 0.0444 e. The van der Waals surface area contributed by atoms with E-state index in [1.807, 2.05) is 24.2 Å². The molecule has 0 aliphatic carbocycles. The van der Waals surface area contributed by atoms with Crippen LogP contribution in [0.3, 0.4) is 0 Å². The van der Waals surface area contributed by atoms with Crippen molar-refractivity contribution in [2.75, 3.05) is 5.75 Å². The molecule has 0 saturated heterocycles. The van der Waals surface area contributed by atoms with Crippen molar-refractivity contribution in [2.45, 2.75) is 17.9 Å². The fourth-order valence-electron chi connectivity index (χ4n) is 0.897. The molecule has 1 aromatic rings. The topological polar surface area (TPSA) is 12.9 Å². The van der Waals surface area contributed by atoms with E-state index >= 15 is 0 Å². The van der Waals surface area contributed by atoms with Gasteiger partial charge < -0.3 is 0 Å². The van der Waals surface area contributed by atoms with E-state index in [1.165, 1.54) is 5.56 Å². The molecule has 1 heterocycles. The predicted molar refractivity (Wildman–Crippen MR) is 58.8 cm³/mol. The van der Waals surface area contributed by atoms with Gasteiger partial charge in [-0.2, -0.15) is 12.6 Å². The number of pyridine rings is 1. The first-order valence-corrected chi connectivity index (χ1v) is 5.54. The van der Waals surface area contributed by atoms with E-state index in [0.29, 0.717) is 4.58 Å². The largest absolute Gasteiger partial charge is 0.265 e. The van der Waals surface area contributed by atoms with Crippen LogP contribution in [0.15, 0.2) is 24.5 Å². The highest BCUT2D eigenvalue weighted by Gasteiger charge is 1.95. The Balaban J connectivity index is 2.25. The lowest BCUT2D eigenvalue weighted by Gasteiger charge is -2.03. The zero-order valence-electron chi connectivity index (χ0n) is 7.10. The molecule has 0 aliphatic heterocycles. The van der Waals surface area contributed by atoms with Gasteiger partial charge in [-0.25, -0.2) is 0 Å². The summed E-state index contributed by atoms with van der Waals surface area (Å²) in [6.45, 7) is 2.10. The lowest BCUT2D eigenvalue weighted by molar-refractivity contribution is 1.13. The molecule has 0 saturated carbocycles. The molecule has 1 rings (SSSR count). The molecule has 0 amide bonds. The number of rotatable bonds is 4. The molecule has 1 nitrogen and oxygen atoms in total. The van der Waals surface area contributed by atoms with Crippen molar-refractivity contribution in [3.63, 3.8) is 0 Å². The summed E-state index contributed by atoms with van der Waals surface area (Å²) in [5.74, 6) is 1.13. The van der Waals surface area contributed by atoms with Crippen molar-refractivity contribution < 1.29 is 0 Å². The summed E-state index contributed by atoms with van der Waals surface area (Å²) in [5.41, 5.74) is 1.35. The fraction of sp³-hybridized carbons (Fsp3) is 0.444. The quantitative estimate of drug-likeness (QED) is 0.591. The first-order valence-electron chi connectivity index (χ1n) is 3.97. The number of thioether (sulfide) groups is 1. The lowest BCUT2D eigenvalue weighted by Crippen LogP contribution is -1.91. The summed E-state index contributed by atoms with van der Waals surface area (Å²) >= 11 is 6.17. The van der Waals surface area contributed by atoms with E-state index in [2.05, 4.69) is 36.7 Å². The second-order valence-corrected chi connectivity index (χ2v) is 5.15. The van der Waals surface area contributed by atoms with Crippen LogP contribution >= 0.6 is 24.4 Å². The third kappa shape index (κ3) is 4.02. The average Bonchev–Trinajstić information content (AvgIpc) is 2.05. The van der Waals surface area contributed by atoms with Crippen LogP contribution in [0.2, 0.25) is 0 Å². The zero-order chi connectivity index (χ0) is 8.81. The second kappa shape index (κ2) is 5.49. The summed E-state index contributed by atoms with van der Waals surface area (Å²) in [5, 5.41) is 0. The van der Waals surface area contributed by atoms with Crippen molar-refractivity contribution in [3.05, 3.63) is 30.1 Å². The van der Waals surface area contributed by atoms with Gasteiger partial charge in [-0.3, -0.25) is 4.98 Å². The van der Waals surface area contributed by atoms with Crippen molar-refractivity contribution in [1.29, 1.82) is 0 Å². The highest BCUT2D eigenvalue weighted by Crippen LogP contribution is 2.14. The molecule has 0 bridgehead atoms. The normalized spacial score (nSPS) is 12.8. The van der Waals surface area contributed by atoms with E-state index in [0.717, 1.165) is 12.2 Å². The van der Waals surface area contributed by atoms with Gasteiger partial charge in [-0.05, 0) is 36.8 Å². The molecule has 66 valence electrons. The van der Waals surface area contributed by atoms with Crippen molar-refractivity contribution in [3.8, 4) is 0 Å². The zero-order valence-corrected chi connectivity index (χ0v) is 8.81. The van der Waals surface area contributed by atoms with Crippen molar-refractivity contribution >= 4 is 24.4 Å². The van der Waals surface area contributed by atoms with Gasteiger partial charge >= 0.3 is 0 Å². The van der Waals surface area contributed by atoms with Crippen LogP contribution in [0.5, 0.6) is 0 Å². The van der Waals surface area contributed by atoms with Gasteiger partial charge in [0.05, 0.1) is 0 Å². The number of hydrogen-bond acceptors (Lipinski definition) is 3. The predicted octanol–water partition coefficient (Wildman–Crippen LogP) is 2.63. The van der Waals surface area contributed by atoms with Gasteiger partial charge in [0.15, 0.2) is 0 Å². The molecule has 0 aromatic carbocycles. The summed E-state index contributed by atoms with van der Waals surface area (Å²) in [4.78, 5) is 3.97. The minimum atomic E-state index is 0.437. The van der Waals surface area contributed by atoms with Crippen molar-refractivity contribution in [1.82, 2.24) is 4.98 Å². The Morgan fingerprint density at radius 3 is 2.75 bits per heavy atom. The molecular formula is C9H13NS2. The standard InChI is InChI=1S/C9H13NS2/c1-8(11)12-7-4-9-2-5-10-6-3-9/h2-3,5-6,8,11H,4,7H2,1H3. The Morgan fingerprint density at radius 2 is 2.17 bits per heavy atom. The van der Waals surface area contributed by atoms with Gasteiger partial charge in [0.25, 0.3) is 0 Å². The fourth-order valence-corrected chi connectivity index (χ4v) is 1.91. The summed E-state index contributed by atoms with van der Waals surface area (Å²) in [6, 6.07) is 4.12. The summed E-state index contributed by atoms with van der Waals surface area (Å²) in [7, 11) is 0. The SMILES string of the molecule is CC(S)SCCc1ccncc1. The number of aromatic nitrogens is 1. The maximum Gasteiger partial charge on any atom is 0.0444 e. The Morgan fingerprint density at radius 1 is 1.50 bits per heavy atom. The Labute approximate surface area is 83.4 Å². The van der Waals surface area contributed by atoms with Crippen LogP contribution in [0.4, 0.5) is 0 Å². The molecule has 12 heavy (non-hydrogen) atoms. The van der Waals surface area contributed by atoms with Gasteiger partial charge in [0.1, 0.15) is 0 Å². The van der Waals surface area contributed by atoms with Gasteiger partial charge in [-0.15, -0.1) is 11.8 Å². The number of thiol groups is 1. The number of aryl methyl sites for hydroxylation is 1. The van der Waals surface area contributed by atoms with Crippen LogP contribution in [-0.2, 0) is 6.42 Å². The maximum atomic E-state index is 4.30. The van der Waals surface area contributed by atoms with E-state index in [-0.39, 0.29) is 0 Å². The van der Waals surface area contributed by atoms with E-state index < -0.39 is 0 Å². The van der Waals surface area contributed by atoms with Gasteiger partial charge in [0, 0.05) is 17.0 Å². The minimum Gasteiger partial charge on any atom is -0.265 e. The highest BCUT2D eigenvalue weighted by atomic mass is 32.2. The maximum absolute atomic E-state index is 4.30. The molecule has 1 unspecified atom stereocenters. The molecule has 3 heteroatoms. The van der Waals surface area contributed by atoms with E-state index in [4.69, 9.17) is 0 Å². The number of nitrogens with zero attached hydrogens (tertiary/aromatic N) is 1. The summed E-state index contributed by atoms with van der Waals surface area (Å²) in [6.07, 6.45) is 4.78. The molecule has 1 aromatic heterocycles. The molecule has 0 spiro atoms. The summed E-state index contributed by atoms with van der Waals surface area (Å²) < 4.78 is 0.437. The molecule has 1 atom stereocenters. The Hall–Kier alpha value is -0.150. The highest BCUT2D eigenvalue weighted by molar-refractivity contribution is 8.10. The lowest BCUT2D eigenvalue weighted by atomic mass is 10.2. The van der Waals surface area contributed by atoms with E-state index in [1.54, 1.807) is 0 Å². The van der Waals surface area contributed by atoms with Crippen LogP contribution in [-0.4, -0.2) is 15.3 Å². The molecule has 0 aliphatic rings. The van der Waals surface area contributed by atoms with Crippen LogP contribution in [0.1, 0.15) is 12.5 Å². The van der Waals surface area contributed by atoms with Crippen LogP contribution in [0, 0.1) is 0 Å². The van der Waals surface area contributed by atoms with Crippen molar-refractivity contribution in [2.24, 2.45) is 0 Å². The molecular weight excluding hydrogens is 186 g/mol. The van der Waals surface area contributed by atoms with Gasteiger partial charge in [0.2, 0.25) is 0 Å².